The van der Waals surface area contributed by atoms with Crippen LogP contribution in [0.1, 0.15) is 19.8 Å². The summed E-state index contributed by atoms with van der Waals surface area (Å²) >= 11 is 0. The molecule has 1 saturated heterocycles. The summed E-state index contributed by atoms with van der Waals surface area (Å²) in [5, 5.41) is 0. The van der Waals surface area contributed by atoms with Crippen molar-refractivity contribution in [3.63, 3.8) is 0 Å². The highest BCUT2D eigenvalue weighted by molar-refractivity contribution is 7.89. The van der Waals surface area contributed by atoms with E-state index in [-0.39, 0.29) is 23.1 Å². The number of oxazole rings is 1. The van der Waals surface area contributed by atoms with Crippen molar-refractivity contribution in [3.05, 3.63) is 28.7 Å². The number of nitrogens with one attached hydrogen (secondary N) is 1. The van der Waals surface area contributed by atoms with Crippen LogP contribution in [0.5, 0.6) is 0 Å². The maximum atomic E-state index is 12.3. The number of nitrogens with zero attached hydrogens (tertiary/aromatic N) is 1. The van der Waals surface area contributed by atoms with Crippen LogP contribution in [-0.4, -0.2) is 32.2 Å². The van der Waals surface area contributed by atoms with Crippen molar-refractivity contribution in [2.24, 2.45) is 0 Å². The van der Waals surface area contributed by atoms with E-state index in [2.05, 4.69) is 4.72 Å². The minimum absolute atomic E-state index is 0.0717. The van der Waals surface area contributed by atoms with Crippen LogP contribution < -0.4 is 10.5 Å². The minimum Gasteiger partial charge on any atom is -0.408 e. The average molecular weight is 326 g/mol. The molecule has 1 atom stereocenters. The predicted molar refractivity (Wildman–Crippen MR) is 80.3 cm³/mol. The smallest absolute Gasteiger partial charge is 0.408 e. The Hall–Kier alpha value is -1.64. The molecule has 1 aliphatic heterocycles. The number of fused-ring (bicyclic) bond motifs is 1. The van der Waals surface area contributed by atoms with Crippen molar-refractivity contribution in [3.8, 4) is 0 Å². The molecule has 0 spiro atoms. The second-order valence-electron chi connectivity index (χ2n) is 5.23. The molecule has 0 amide bonds. The van der Waals surface area contributed by atoms with E-state index < -0.39 is 15.8 Å². The highest BCUT2D eigenvalue weighted by Gasteiger charge is 2.21. The molecule has 1 aliphatic rings. The summed E-state index contributed by atoms with van der Waals surface area (Å²) in [6.07, 6.45) is 1.74. The van der Waals surface area contributed by atoms with Crippen LogP contribution >= 0.6 is 0 Å². The molecule has 1 aromatic carbocycles. The van der Waals surface area contributed by atoms with Crippen molar-refractivity contribution in [2.45, 2.75) is 37.3 Å². The zero-order chi connectivity index (χ0) is 15.7. The van der Waals surface area contributed by atoms with Gasteiger partial charge in [0.15, 0.2) is 5.58 Å². The van der Waals surface area contributed by atoms with Gasteiger partial charge < -0.3 is 9.15 Å². The number of sulfonamides is 1. The number of hydrogen-bond acceptors (Lipinski definition) is 5. The van der Waals surface area contributed by atoms with Crippen molar-refractivity contribution < 1.29 is 17.6 Å². The summed E-state index contributed by atoms with van der Waals surface area (Å²) in [6.45, 7) is 3.22. The third-order valence-corrected chi connectivity index (χ3v) is 5.21. The van der Waals surface area contributed by atoms with Crippen LogP contribution in [0.3, 0.4) is 0 Å². The molecule has 0 bridgehead atoms. The zero-order valence-corrected chi connectivity index (χ0v) is 13.1. The Kier molecular flexibility index (Phi) is 4.07. The first-order valence-corrected chi connectivity index (χ1v) is 8.74. The van der Waals surface area contributed by atoms with E-state index in [4.69, 9.17) is 9.15 Å². The Morgan fingerprint density at radius 3 is 2.91 bits per heavy atom. The van der Waals surface area contributed by atoms with Crippen molar-refractivity contribution >= 4 is 21.1 Å². The highest BCUT2D eigenvalue weighted by atomic mass is 32.2. The molecular weight excluding hydrogens is 308 g/mol. The fourth-order valence-electron chi connectivity index (χ4n) is 2.60. The molecule has 1 fully saturated rings. The number of ether oxygens (including phenoxy) is 1. The molecule has 2 aromatic rings. The Morgan fingerprint density at radius 1 is 1.41 bits per heavy atom. The van der Waals surface area contributed by atoms with E-state index in [0.29, 0.717) is 18.7 Å². The van der Waals surface area contributed by atoms with Gasteiger partial charge in [-0.1, -0.05) is 0 Å². The molecule has 0 saturated carbocycles. The first-order chi connectivity index (χ1) is 10.5. The van der Waals surface area contributed by atoms with Gasteiger partial charge in [0.2, 0.25) is 10.0 Å². The molecule has 0 radical (unpaired) electrons. The first kappa shape index (κ1) is 15.3. The Bertz CT molecular complexity index is 831. The molecule has 3 rings (SSSR count). The van der Waals surface area contributed by atoms with Crippen molar-refractivity contribution in [2.75, 3.05) is 13.2 Å². The third kappa shape index (κ3) is 2.81. The Balaban J connectivity index is 1.86. The van der Waals surface area contributed by atoms with Gasteiger partial charge in [0.05, 0.1) is 16.5 Å². The fraction of sp³-hybridized carbons (Fsp3) is 0.500. The topological polar surface area (TPSA) is 90.5 Å². The van der Waals surface area contributed by atoms with Gasteiger partial charge in [-0.15, -0.1) is 0 Å². The molecule has 0 aliphatic carbocycles. The minimum atomic E-state index is -3.65. The van der Waals surface area contributed by atoms with Crippen LogP contribution in [0.15, 0.2) is 32.3 Å². The molecule has 8 heteroatoms. The van der Waals surface area contributed by atoms with Gasteiger partial charge in [0.25, 0.3) is 0 Å². The molecule has 120 valence electrons. The summed E-state index contributed by atoms with van der Waals surface area (Å²) in [5.41, 5.74) is 0.859. The fourth-order valence-corrected chi connectivity index (χ4v) is 3.69. The van der Waals surface area contributed by atoms with Crippen LogP contribution in [-0.2, 0) is 21.3 Å². The van der Waals surface area contributed by atoms with Crippen LogP contribution in [0.4, 0.5) is 0 Å². The van der Waals surface area contributed by atoms with Gasteiger partial charge in [-0.3, -0.25) is 4.57 Å². The third-order valence-electron chi connectivity index (χ3n) is 3.79. The predicted octanol–water partition coefficient (Wildman–Crippen LogP) is 1.07. The van der Waals surface area contributed by atoms with E-state index in [1.54, 1.807) is 6.07 Å². The molecular formula is C14H18N2O5S. The Morgan fingerprint density at radius 2 is 2.23 bits per heavy atom. The lowest BCUT2D eigenvalue weighted by molar-refractivity contribution is 0.114. The average Bonchev–Trinajstić information content (AvgIpc) is 3.10. The lowest BCUT2D eigenvalue weighted by Gasteiger charge is -2.11. The molecule has 1 N–H and O–H groups in total. The lowest BCUT2D eigenvalue weighted by Crippen LogP contribution is -2.31. The summed E-state index contributed by atoms with van der Waals surface area (Å²) in [7, 11) is -3.65. The van der Waals surface area contributed by atoms with Gasteiger partial charge >= 0.3 is 5.76 Å². The van der Waals surface area contributed by atoms with Crippen molar-refractivity contribution in [1.29, 1.82) is 0 Å². The van der Waals surface area contributed by atoms with E-state index in [9.17, 15) is 13.2 Å². The van der Waals surface area contributed by atoms with Gasteiger partial charge in [0, 0.05) is 25.8 Å². The first-order valence-electron chi connectivity index (χ1n) is 7.26. The molecule has 22 heavy (non-hydrogen) atoms. The summed E-state index contributed by atoms with van der Waals surface area (Å²) < 4.78 is 39.1. The second-order valence-corrected chi connectivity index (χ2v) is 7.00. The van der Waals surface area contributed by atoms with Gasteiger partial charge in [0.1, 0.15) is 0 Å². The molecule has 2 heterocycles. The van der Waals surface area contributed by atoms with Crippen LogP contribution in [0, 0.1) is 0 Å². The summed E-state index contributed by atoms with van der Waals surface area (Å²) in [5.74, 6) is -0.487. The van der Waals surface area contributed by atoms with E-state index in [0.717, 1.165) is 12.8 Å². The summed E-state index contributed by atoms with van der Waals surface area (Å²) in [6, 6.07) is 4.44. The second kappa shape index (κ2) is 5.86. The number of aryl methyl sites for hydroxylation is 1. The monoisotopic (exact) mass is 326 g/mol. The zero-order valence-electron chi connectivity index (χ0n) is 12.2. The standard InChI is InChI=1S/C14H18N2O5S/c1-2-16-12-6-5-11(8-13(12)21-14(16)17)22(18,19)15-9-10-4-3-7-20-10/h5-6,8,10,15H,2-4,7,9H2,1H3. The largest absolute Gasteiger partial charge is 0.419 e. The number of benzene rings is 1. The number of rotatable bonds is 5. The van der Waals surface area contributed by atoms with E-state index in [1.165, 1.54) is 16.7 Å². The van der Waals surface area contributed by atoms with E-state index in [1.807, 2.05) is 6.92 Å². The number of aromatic nitrogens is 1. The van der Waals surface area contributed by atoms with Crippen molar-refractivity contribution in [1.82, 2.24) is 9.29 Å². The molecule has 1 unspecified atom stereocenters. The van der Waals surface area contributed by atoms with Gasteiger partial charge in [-0.05, 0) is 31.9 Å². The summed E-state index contributed by atoms with van der Waals surface area (Å²) in [4.78, 5) is 11.7. The van der Waals surface area contributed by atoms with Gasteiger partial charge in [-0.25, -0.2) is 17.9 Å². The van der Waals surface area contributed by atoms with Crippen LogP contribution in [0.2, 0.25) is 0 Å². The molecule has 1 aromatic heterocycles. The maximum absolute atomic E-state index is 12.3. The molecule has 7 nitrogen and oxygen atoms in total. The normalized spacial score (nSPS) is 19.0. The maximum Gasteiger partial charge on any atom is 0.419 e. The Labute approximate surface area is 127 Å². The lowest BCUT2D eigenvalue weighted by atomic mass is 10.2. The number of hydrogen-bond donors (Lipinski definition) is 1. The van der Waals surface area contributed by atoms with Crippen LogP contribution in [0.25, 0.3) is 11.1 Å². The van der Waals surface area contributed by atoms with Gasteiger partial charge in [-0.2, -0.15) is 0 Å². The van der Waals surface area contributed by atoms with E-state index >= 15 is 0 Å². The SMILES string of the molecule is CCn1c(=O)oc2cc(S(=O)(=O)NCC3CCCO3)ccc21. The quantitative estimate of drug-likeness (QED) is 0.887. The highest BCUT2D eigenvalue weighted by Crippen LogP contribution is 2.19.